The predicted molar refractivity (Wildman–Crippen MR) is 58.4 cm³/mol. The molecule has 0 N–H and O–H groups in total. The summed E-state index contributed by atoms with van der Waals surface area (Å²) < 4.78 is 5.05. The van der Waals surface area contributed by atoms with Crippen LogP contribution in [0.25, 0.3) is 0 Å². The second-order valence-corrected chi connectivity index (χ2v) is 5.17. The minimum Gasteiger partial charge on any atom is -0.459 e. The summed E-state index contributed by atoms with van der Waals surface area (Å²) in [5, 5.41) is 1.94. The van der Waals surface area contributed by atoms with Gasteiger partial charge >= 0.3 is 5.97 Å². The average Bonchev–Trinajstić information content (AvgIpc) is 2.90. The summed E-state index contributed by atoms with van der Waals surface area (Å²) in [6, 6.07) is 1.52. The van der Waals surface area contributed by atoms with Gasteiger partial charge in [0.1, 0.15) is 12.1 Å². The summed E-state index contributed by atoms with van der Waals surface area (Å²) >= 11 is 1.43. The SMILES string of the molecule is Cc1csc(C(=O)N2CC3CC2C(=O)O3)c1. The standard InChI is InChI=1S/C11H11NO3S/c1-6-2-9(16-5-6)10(13)12-4-7-3-8(12)11(14)15-7/h2,5,7-8H,3-4H2,1H3. The molecule has 2 bridgehead atoms. The molecule has 0 aromatic carbocycles. The fraction of sp³-hybridized carbons (Fsp3) is 0.455. The molecular weight excluding hydrogens is 226 g/mol. The van der Waals surface area contributed by atoms with E-state index in [-0.39, 0.29) is 24.0 Å². The van der Waals surface area contributed by atoms with E-state index >= 15 is 0 Å². The van der Waals surface area contributed by atoms with E-state index < -0.39 is 0 Å². The number of hydrogen-bond acceptors (Lipinski definition) is 4. The van der Waals surface area contributed by atoms with Crippen molar-refractivity contribution in [2.24, 2.45) is 0 Å². The first kappa shape index (κ1) is 9.84. The van der Waals surface area contributed by atoms with E-state index in [0.29, 0.717) is 17.8 Å². The second kappa shape index (κ2) is 3.31. The van der Waals surface area contributed by atoms with Crippen molar-refractivity contribution in [3.8, 4) is 0 Å². The van der Waals surface area contributed by atoms with Gasteiger partial charge in [0.15, 0.2) is 0 Å². The Kier molecular flexibility index (Phi) is 2.04. The Balaban J connectivity index is 1.84. The number of nitrogens with zero attached hydrogens (tertiary/aromatic N) is 1. The highest BCUT2D eigenvalue weighted by Gasteiger charge is 2.48. The fourth-order valence-corrected chi connectivity index (χ4v) is 3.11. The average molecular weight is 237 g/mol. The van der Waals surface area contributed by atoms with Crippen LogP contribution in [0.15, 0.2) is 11.4 Å². The lowest BCUT2D eigenvalue weighted by molar-refractivity contribution is -0.149. The molecule has 2 saturated heterocycles. The highest BCUT2D eigenvalue weighted by atomic mass is 32.1. The Morgan fingerprint density at radius 2 is 2.44 bits per heavy atom. The molecular formula is C11H11NO3S. The largest absolute Gasteiger partial charge is 0.459 e. The van der Waals surface area contributed by atoms with E-state index in [1.165, 1.54) is 11.3 Å². The second-order valence-electron chi connectivity index (χ2n) is 4.26. The van der Waals surface area contributed by atoms with Crippen molar-refractivity contribution in [2.45, 2.75) is 25.5 Å². The Bertz CT molecular complexity index is 468. The number of hydrogen-bond donors (Lipinski definition) is 0. The van der Waals surface area contributed by atoms with Crippen LogP contribution in [-0.4, -0.2) is 35.5 Å². The van der Waals surface area contributed by atoms with Crippen molar-refractivity contribution < 1.29 is 14.3 Å². The first-order valence-electron chi connectivity index (χ1n) is 5.22. The molecule has 2 atom stereocenters. The molecule has 3 rings (SSSR count). The molecule has 0 aliphatic carbocycles. The van der Waals surface area contributed by atoms with Crippen LogP contribution in [0.1, 0.15) is 21.7 Å². The first-order chi connectivity index (χ1) is 7.65. The molecule has 2 fully saturated rings. The van der Waals surface area contributed by atoms with Gasteiger partial charge in [-0.05, 0) is 23.9 Å². The van der Waals surface area contributed by atoms with Crippen molar-refractivity contribution in [3.05, 3.63) is 21.9 Å². The summed E-state index contributed by atoms with van der Waals surface area (Å²) in [5.74, 6) is -0.292. The molecule has 4 nitrogen and oxygen atoms in total. The molecule has 1 aromatic rings. The number of aryl methyl sites for hydroxylation is 1. The third-order valence-electron chi connectivity index (χ3n) is 3.02. The number of carbonyl (C=O) groups excluding carboxylic acids is 2. The molecule has 0 saturated carbocycles. The van der Waals surface area contributed by atoms with Gasteiger partial charge in [-0.25, -0.2) is 4.79 Å². The maximum atomic E-state index is 12.1. The van der Waals surface area contributed by atoms with E-state index in [0.717, 1.165) is 5.56 Å². The number of fused-ring (bicyclic) bond motifs is 2. The summed E-state index contributed by atoms with van der Waals surface area (Å²) in [4.78, 5) is 25.8. The molecule has 1 amide bonds. The molecule has 2 aliphatic heterocycles. The molecule has 2 aliphatic rings. The summed E-state index contributed by atoms with van der Waals surface area (Å²) in [7, 11) is 0. The third kappa shape index (κ3) is 1.35. The van der Waals surface area contributed by atoms with Gasteiger partial charge in [0.25, 0.3) is 5.91 Å². The van der Waals surface area contributed by atoms with Gasteiger partial charge < -0.3 is 9.64 Å². The van der Waals surface area contributed by atoms with Gasteiger partial charge in [-0.3, -0.25) is 4.79 Å². The molecule has 84 valence electrons. The minimum absolute atomic E-state index is 0.0396. The smallest absolute Gasteiger partial charge is 0.329 e. The van der Waals surface area contributed by atoms with E-state index in [4.69, 9.17) is 4.74 Å². The van der Waals surface area contributed by atoms with Gasteiger partial charge in [0.05, 0.1) is 11.4 Å². The van der Waals surface area contributed by atoms with Crippen LogP contribution in [0.4, 0.5) is 0 Å². The van der Waals surface area contributed by atoms with Crippen LogP contribution in [0.3, 0.4) is 0 Å². The van der Waals surface area contributed by atoms with Gasteiger partial charge in [-0.1, -0.05) is 0 Å². The molecule has 16 heavy (non-hydrogen) atoms. The lowest BCUT2D eigenvalue weighted by atomic mass is 10.2. The van der Waals surface area contributed by atoms with Crippen LogP contribution in [-0.2, 0) is 9.53 Å². The Morgan fingerprint density at radius 3 is 3.00 bits per heavy atom. The Morgan fingerprint density at radius 1 is 1.62 bits per heavy atom. The third-order valence-corrected chi connectivity index (χ3v) is 4.06. The molecule has 5 heteroatoms. The number of likely N-dealkylation sites (tertiary alicyclic amines) is 1. The van der Waals surface area contributed by atoms with Crippen molar-refractivity contribution >= 4 is 23.2 Å². The molecule has 1 aromatic heterocycles. The number of thiophene rings is 1. The lowest BCUT2D eigenvalue weighted by Crippen LogP contribution is -2.44. The van der Waals surface area contributed by atoms with E-state index in [2.05, 4.69) is 0 Å². The van der Waals surface area contributed by atoms with Gasteiger partial charge in [-0.2, -0.15) is 0 Å². The number of rotatable bonds is 1. The molecule has 0 radical (unpaired) electrons. The quantitative estimate of drug-likeness (QED) is 0.689. The molecule has 3 heterocycles. The minimum atomic E-state index is -0.347. The van der Waals surface area contributed by atoms with Crippen molar-refractivity contribution in [2.75, 3.05) is 6.54 Å². The number of carbonyl (C=O) groups is 2. The number of morpholine rings is 1. The topological polar surface area (TPSA) is 46.6 Å². The van der Waals surface area contributed by atoms with Gasteiger partial charge in [-0.15, -0.1) is 11.3 Å². The van der Waals surface area contributed by atoms with E-state index in [9.17, 15) is 9.59 Å². The van der Waals surface area contributed by atoms with Crippen molar-refractivity contribution in [1.29, 1.82) is 0 Å². The highest BCUT2D eigenvalue weighted by Crippen LogP contribution is 2.31. The van der Waals surface area contributed by atoms with Crippen molar-refractivity contribution in [3.63, 3.8) is 0 Å². The van der Waals surface area contributed by atoms with Crippen LogP contribution in [0, 0.1) is 6.92 Å². The van der Waals surface area contributed by atoms with Gasteiger partial charge in [0.2, 0.25) is 0 Å². The number of esters is 1. The summed E-state index contributed by atoms with van der Waals surface area (Å²) in [6.07, 6.45) is 0.581. The normalized spacial score (nSPS) is 27.3. The van der Waals surface area contributed by atoms with Crippen LogP contribution in [0.2, 0.25) is 0 Å². The Labute approximate surface area is 96.8 Å². The maximum Gasteiger partial charge on any atom is 0.329 e. The Hall–Kier alpha value is -1.36. The monoisotopic (exact) mass is 237 g/mol. The zero-order chi connectivity index (χ0) is 11.3. The van der Waals surface area contributed by atoms with Crippen LogP contribution >= 0.6 is 11.3 Å². The zero-order valence-corrected chi connectivity index (χ0v) is 9.62. The van der Waals surface area contributed by atoms with Crippen molar-refractivity contribution in [1.82, 2.24) is 4.90 Å². The van der Waals surface area contributed by atoms with E-state index in [1.54, 1.807) is 4.90 Å². The van der Waals surface area contributed by atoms with Crippen LogP contribution in [0.5, 0.6) is 0 Å². The molecule has 2 unspecified atom stereocenters. The van der Waals surface area contributed by atoms with Gasteiger partial charge in [0, 0.05) is 6.42 Å². The van der Waals surface area contributed by atoms with Crippen LogP contribution < -0.4 is 0 Å². The van der Waals surface area contributed by atoms with E-state index in [1.807, 2.05) is 18.4 Å². The molecule has 0 spiro atoms. The first-order valence-corrected chi connectivity index (χ1v) is 6.10. The highest BCUT2D eigenvalue weighted by molar-refractivity contribution is 7.12. The predicted octanol–water partition coefficient (Wildman–Crippen LogP) is 1.20. The maximum absolute atomic E-state index is 12.1. The number of amides is 1. The zero-order valence-electron chi connectivity index (χ0n) is 8.80. The summed E-state index contributed by atoms with van der Waals surface area (Å²) in [6.45, 7) is 2.50. The fourth-order valence-electron chi connectivity index (χ4n) is 2.26. The number of ether oxygens (including phenoxy) is 1. The lowest BCUT2D eigenvalue weighted by Gasteiger charge is -2.25. The summed E-state index contributed by atoms with van der Waals surface area (Å²) in [5.41, 5.74) is 1.08.